The Balaban J connectivity index is 4.41. The summed E-state index contributed by atoms with van der Waals surface area (Å²) in [6.45, 7) is 6.36. The minimum atomic E-state index is -0.811. The third-order valence-electron chi connectivity index (χ3n) is 13.1. The van der Waals surface area contributed by atoms with Gasteiger partial charge in [0.1, 0.15) is 13.2 Å². The Kier molecular flexibility index (Phi) is 60.4. The van der Waals surface area contributed by atoms with Crippen molar-refractivity contribution in [2.45, 2.75) is 284 Å². The number of ether oxygens (including phenoxy) is 3. The maximum atomic E-state index is 12.9. The first-order valence-corrected chi connectivity index (χ1v) is 31.7. The number of rotatable bonds is 56. The molecule has 77 heavy (non-hydrogen) atoms. The zero-order valence-corrected chi connectivity index (χ0v) is 49.9. The third-order valence-corrected chi connectivity index (χ3v) is 13.1. The highest BCUT2D eigenvalue weighted by Gasteiger charge is 2.19. The molecule has 0 aromatic carbocycles. The van der Waals surface area contributed by atoms with Gasteiger partial charge in [-0.1, -0.05) is 257 Å². The molecular formula is C71H116O6. The van der Waals surface area contributed by atoms with Gasteiger partial charge in [0.15, 0.2) is 6.10 Å². The lowest BCUT2D eigenvalue weighted by atomic mass is 10.0. The van der Waals surface area contributed by atoms with Crippen LogP contribution in [-0.4, -0.2) is 37.2 Å². The molecule has 0 amide bonds. The van der Waals surface area contributed by atoms with Crippen LogP contribution in [0.25, 0.3) is 0 Å². The van der Waals surface area contributed by atoms with Crippen LogP contribution >= 0.6 is 0 Å². The Bertz CT molecular complexity index is 1650. The zero-order valence-electron chi connectivity index (χ0n) is 49.9. The number of hydrogen-bond acceptors (Lipinski definition) is 6. The van der Waals surface area contributed by atoms with E-state index in [4.69, 9.17) is 14.2 Å². The summed E-state index contributed by atoms with van der Waals surface area (Å²) in [7, 11) is 0. The summed E-state index contributed by atoms with van der Waals surface area (Å²) in [6, 6.07) is 0. The van der Waals surface area contributed by atoms with Crippen molar-refractivity contribution in [3.63, 3.8) is 0 Å². The van der Waals surface area contributed by atoms with Gasteiger partial charge in [0.2, 0.25) is 0 Å². The average Bonchev–Trinajstić information content (AvgIpc) is 3.43. The standard InChI is InChI=1S/C71H116O6/c1-4-7-10-13-16-19-22-25-27-29-31-33-34-35-36-38-39-41-43-46-49-52-55-58-61-64-70(73)76-67-68(66-75-69(72)63-60-57-54-51-48-45-24-21-18-15-12-9-6-3)77-71(74)65-62-59-56-53-50-47-44-42-40-37-32-30-28-26-23-20-17-14-11-8-5-2/h7-8,10-11,16-17,19-21,24-28,31-33,37,42,44,50,53,68H,4-6,9,12-15,18,22-23,29-30,34-36,38-41,43,45-49,51-52,54-67H2,1-3H3/b10-7-,11-8-,19-16-,20-17-,24-21-,27-25-,28-26-,33-31-,37-32-,44-42-,53-50-. The molecule has 6 heteroatoms. The van der Waals surface area contributed by atoms with Crippen LogP contribution in [-0.2, 0) is 28.6 Å². The Morgan fingerprint density at radius 3 is 0.831 bits per heavy atom. The second kappa shape index (κ2) is 64.1. The number of carbonyl (C=O) groups excluding carboxylic acids is 3. The fourth-order valence-corrected chi connectivity index (χ4v) is 8.43. The fourth-order valence-electron chi connectivity index (χ4n) is 8.43. The second-order valence-electron chi connectivity index (χ2n) is 20.5. The van der Waals surface area contributed by atoms with Crippen molar-refractivity contribution in [2.75, 3.05) is 13.2 Å². The molecule has 0 heterocycles. The SMILES string of the molecule is CC/C=C\C/C=C\C/C=C\C/C=C\C/C=C\C/C=C\CCCCC(=O)OC(COC(=O)CCCCCCC/C=C\CCCCCC)COC(=O)CCCCCCCCCCCCCC/C=C\C/C=C\C/C=C\C/C=C\CC. The van der Waals surface area contributed by atoms with E-state index in [2.05, 4.69) is 154 Å². The van der Waals surface area contributed by atoms with Gasteiger partial charge in [0, 0.05) is 19.3 Å². The van der Waals surface area contributed by atoms with E-state index in [1.807, 2.05) is 0 Å². The lowest BCUT2D eigenvalue weighted by molar-refractivity contribution is -0.167. The molecule has 0 aliphatic heterocycles. The van der Waals surface area contributed by atoms with Crippen molar-refractivity contribution in [3.8, 4) is 0 Å². The molecule has 1 unspecified atom stereocenters. The first-order chi connectivity index (χ1) is 38.0. The van der Waals surface area contributed by atoms with Crippen LogP contribution in [0.15, 0.2) is 134 Å². The fraction of sp³-hybridized carbons (Fsp3) is 0.648. The van der Waals surface area contributed by atoms with Crippen LogP contribution in [0.5, 0.6) is 0 Å². The molecule has 0 aromatic heterocycles. The molecule has 0 N–H and O–H groups in total. The van der Waals surface area contributed by atoms with E-state index in [1.54, 1.807) is 0 Å². The largest absolute Gasteiger partial charge is 0.462 e. The summed E-state index contributed by atoms with van der Waals surface area (Å²) >= 11 is 0. The molecule has 0 aliphatic rings. The summed E-state index contributed by atoms with van der Waals surface area (Å²) in [6.07, 6.45) is 90.3. The quantitative estimate of drug-likeness (QED) is 0.0261. The van der Waals surface area contributed by atoms with Gasteiger partial charge in [-0.2, -0.15) is 0 Å². The molecule has 0 saturated carbocycles. The van der Waals surface area contributed by atoms with E-state index in [0.717, 1.165) is 128 Å². The van der Waals surface area contributed by atoms with E-state index in [1.165, 1.54) is 103 Å². The monoisotopic (exact) mass is 1060 g/mol. The van der Waals surface area contributed by atoms with E-state index in [0.29, 0.717) is 19.3 Å². The molecular weight excluding hydrogens is 949 g/mol. The Hall–Kier alpha value is -4.45. The van der Waals surface area contributed by atoms with E-state index >= 15 is 0 Å². The Morgan fingerprint density at radius 2 is 0.506 bits per heavy atom. The van der Waals surface area contributed by atoms with Crippen LogP contribution in [0.1, 0.15) is 278 Å². The summed E-state index contributed by atoms with van der Waals surface area (Å²) in [4.78, 5) is 38.3. The van der Waals surface area contributed by atoms with E-state index in [9.17, 15) is 14.4 Å². The molecule has 0 rings (SSSR count). The van der Waals surface area contributed by atoms with E-state index < -0.39 is 6.10 Å². The van der Waals surface area contributed by atoms with Crippen molar-refractivity contribution in [2.24, 2.45) is 0 Å². The third kappa shape index (κ3) is 62.3. The average molecular weight is 1070 g/mol. The summed E-state index contributed by atoms with van der Waals surface area (Å²) in [5, 5.41) is 0. The van der Waals surface area contributed by atoms with Crippen LogP contribution in [0.2, 0.25) is 0 Å². The highest BCUT2D eigenvalue weighted by molar-refractivity contribution is 5.71. The van der Waals surface area contributed by atoms with Gasteiger partial charge in [0.25, 0.3) is 0 Å². The number of allylic oxidation sites excluding steroid dienone is 22. The molecule has 6 nitrogen and oxygen atoms in total. The number of esters is 3. The lowest BCUT2D eigenvalue weighted by Gasteiger charge is -2.18. The predicted octanol–water partition coefficient (Wildman–Crippen LogP) is 21.8. The van der Waals surface area contributed by atoms with Gasteiger partial charge in [-0.3, -0.25) is 14.4 Å². The molecule has 1 atom stereocenters. The number of unbranched alkanes of at least 4 members (excludes halogenated alkanes) is 23. The minimum Gasteiger partial charge on any atom is -0.462 e. The first-order valence-electron chi connectivity index (χ1n) is 31.7. The highest BCUT2D eigenvalue weighted by Crippen LogP contribution is 2.15. The smallest absolute Gasteiger partial charge is 0.306 e. The number of hydrogen-bond donors (Lipinski definition) is 0. The first kappa shape index (κ1) is 72.5. The Labute approximate surface area is 475 Å². The molecule has 0 spiro atoms. The highest BCUT2D eigenvalue weighted by atomic mass is 16.6. The summed E-state index contributed by atoms with van der Waals surface area (Å²) in [5.41, 5.74) is 0. The summed E-state index contributed by atoms with van der Waals surface area (Å²) < 4.78 is 16.9. The maximum Gasteiger partial charge on any atom is 0.306 e. The van der Waals surface area contributed by atoms with Gasteiger partial charge in [-0.25, -0.2) is 0 Å². The van der Waals surface area contributed by atoms with Gasteiger partial charge >= 0.3 is 17.9 Å². The molecule has 0 bridgehead atoms. The molecule has 0 aliphatic carbocycles. The second-order valence-corrected chi connectivity index (χ2v) is 20.5. The van der Waals surface area contributed by atoms with Gasteiger partial charge in [-0.15, -0.1) is 0 Å². The minimum absolute atomic E-state index is 0.102. The van der Waals surface area contributed by atoms with Crippen molar-refractivity contribution < 1.29 is 28.6 Å². The Morgan fingerprint density at radius 1 is 0.273 bits per heavy atom. The van der Waals surface area contributed by atoms with Crippen molar-refractivity contribution in [1.29, 1.82) is 0 Å². The van der Waals surface area contributed by atoms with E-state index in [-0.39, 0.29) is 37.5 Å². The molecule has 436 valence electrons. The zero-order chi connectivity index (χ0) is 55.7. The summed E-state index contributed by atoms with van der Waals surface area (Å²) in [5.74, 6) is -0.955. The topological polar surface area (TPSA) is 78.9 Å². The molecule has 0 fully saturated rings. The lowest BCUT2D eigenvalue weighted by Crippen LogP contribution is -2.30. The number of carbonyl (C=O) groups is 3. The maximum absolute atomic E-state index is 12.9. The van der Waals surface area contributed by atoms with Crippen molar-refractivity contribution >= 4 is 17.9 Å². The normalized spacial score (nSPS) is 13.0. The van der Waals surface area contributed by atoms with Crippen LogP contribution in [0, 0.1) is 0 Å². The predicted molar refractivity (Wildman–Crippen MR) is 334 cm³/mol. The van der Waals surface area contributed by atoms with Crippen LogP contribution in [0.3, 0.4) is 0 Å². The molecule has 0 saturated heterocycles. The van der Waals surface area contributed by atoms with Gasteiger partial charge in [-0.05, 0) is 135 Å². The molecule has 0 aromatic rings. The van der Waals surface area contributed by atoms with Gasteiger partial charge in [0.05, 0.1) is 0 Å². The van der Waals surface area contributed by atoms with Crippen molar-refractivity contribution in [1.82, 2.24) is 0 Å². The van der Waals surface area contributed by atoms with Crippen LogP contribution in [0.4, 0.5) is 0 Å². The van der Waals surface area contributed by atoms with Crippen LogP contribution < -0.4 is 0 Å². The molecule has 0 radical (unpaired) electrons. The van der Waals surface area contributed by atoms with Gasteiger partial charge < -0.3 is 14.2 Å². The van der Waals surface area contributed by atoms with Crippen molar-refractivity contribution in [3.05, 3.63) is 134 Å².